The van der Waals surface area contributed by atoms with Crippen LogP contribution in [0.4, 0.5) is 5.13 Å². The van der Waals surface area contributed by atoms with Gasteiger partial charge in [-0.3, -0.25) is 0 Å². The molecule has 3 nitrogen and oxygen atoms in total. The Hall–Kier alpha value is -0.610. The number of thiazole rings is 1. The molecule has 56 valence electrons. The van der Waals surface area contributed by atoms with Gasteiger partial charge in [0.25, 0.3) is 0 Å². The Bertz CT molecular complexity index is 197. The van der Waals surface area contributed by atoms with Crippen LogP contribution in [0.2, 0.25) is 0 Å². The van der Waals surface area contributed by atoms with Gasteiger partial charge in [-0.1, -0.05) is 0 Å². The molecule has 0 fully saturated rings. The van der Waals surface area contributed by atoms with Gasteiger partial charge in [-0.15, -0.1) is 11.3 Å². The van der Waals surface area contributed by atoms with Crippen LogP contribution in [0.5, 0.6) is 0 Å². The topological polar surface area (TPSA) is 37.0 Å². The van der Waals surface area contributed by atoms with E-state index in [4.69, 9.17) is 0 Å². The summed E-state index contributed by atoms with van der Waals surface area (Å²) in [6.45, 7) is 0.845. The van der Waals surface area contributed by atoms with Crippen molar-refractivity contribution in [3.63, 3.8) is 0 Å². The van der Waals surface area contributed by atoms with Gasteiger partial charge in [-0.05, 0) is 7.05 Å². The lowest BCUT2D eigenvalue weighted by Gasteiger charge is -1.91. The highest BCUT2D eigenvalue weighted by atomic mass is 32.1. The summed E-state index contributed by atoms with van der Waals surface area (Å²) < 4.78 is 0. The predicted octanol–water partition coefficient (Wildman–Crippen LogP) is 0.904. The van der Waals surface area contributed by atoms with Crippen LogP contribution in [-0.4, -0.2) is 19.1 Å². The number of hydrogen-bond donors (Lipinski definition) is 2. The van der Waals surface area contributed by atoms with E-state index in [0.717, 1.165) is 17.4 Å². The minimum Gasteiger partial charge on any atom is -0.365 e. The molecule has 0 saturated carbocycles. The van der Waals surface area contributed by atoms with E-state index in [0.29, 0.717) is 0 Å². The van der Waals surface area contributed by atoms with Crippen LogP contribution < -0.4 is 10.6 Å². The molecule has 0 aliphatic rings. The molecule has 0 unspecified atom stereocenters. The Balaban J connectivity index is 2.59. The van der Waals surface area contributed by atoms with Gasteiger partial charge in [0.2, 0.25) is 0 Å². The summed E-state index contributed by atoms with van der Waals surface area (Å²) in [5.74, 6) is 0. The average Bonchev–Trinajstić information content (AvgIpc) is 2.37. The number of rotatable bonds is 3. The van der Waals surface area contributed by atoms with Crippen LogP contribution in [-0.2, 0) is 6.54 Å². The third kappa shape index (κ3) is 1.68. The zero-order chi connectivity index (χ0) is 7.40. The van der Waals surface area contributed by atoms with Crippen LogP contribution >= 0.6 is 11.3 Å². The Labute approximate surface area is 64.5 Å². The molecule has 0 aliphatic carbocycles. The molecule has 0 atom stereocenters. The third-order valence-corrected chi connectivity index (χ3v) is 2.03. The van der Waals surface area contributed by atoms with E-state index in [1.807, 2.05) is 19.5 Å². The van der Waals surface area contributed by atoms with E-state index < -0.39 is 0 Å². The van der Waals surface area contributed by atoms with Crippen molar-refractivity contribution in [3.05, 3.63) is 11.1 Å². The van der Waals surface area contributed by atoms with Gasteiger partial charge < -0.3 is 10.6 Å². The number of hydrogen-bond acceptors (Lipinski definition) is 4. The van der Waals surface area contributed by atoms with Crippen LogP contribution in [0.3, 0.4) is 0 Å². The standard InChI is InChI=1S/C6H11N3S/c1-7-3-5-4-10-6(8-2)9-5/h4,7H,3H2,1-2H3,(H,8,9). The first kappa shape index (κ1) is 7.50. The van der Waals surface area contributed by atoms with Crippen molar-refractivity contribution >= 4 is 16.5 Å². The largest absolute Gasteiger partial charge is 0.365 e. The van der Waals surface area contributed by atoms with Crippen LogP contribution in [0.1, 0.15) is 5.69 Å². The van der Waals surface area contributed by atoms with Crippen LogP contribution in [0.25, 0.3) is 0 Å². The lowest BCUT2D eigenvalue weighted by molar-refractivity contribution is 0.798. The third-order valence-electron chi connectivity index (χ3n) is 1.12. The summed E-state index contributed by atoms with van der Waals surface area (Å²) in [5.41, 5.74) is 1.09. The van der Waals surface area contributed by atoms with Crippen molar-refractivity contribution in [3.8, 4) is 0 Å². The number of nitrogens with one attached hydrogen (secondary N) is 2. The summed E-state index contributed by atoms with van der Waals surface area (Å²) in [6, 6.07) is 0. The predicted molar refractivity (Wildman–Crippen MR) is 44.4 cm³/mol. The zero-order valence-corrected chi connectivity index (χ0v) is 6.96. The molecule has 1 aromatic rings. The fraction of sp³-hybridized carbons (Fsp3) is 0.500. The molecule has 10 heavy (non-hydrogen) atoms. The molecule has 0 saturated heterocycles. The van der Waals surface area contributed by atoms with E-state index in [1.54, 1.807) is 11.3 Å². The van der Waals surface area contributed by atoms with Gasteiger partial charge in [-0.2, -0.15) is 0 Å². The Morgan fingerprint density at radius 2 is 2.40 bits per heavy atom. The highest BCUT2D eigenvalue weighted by Crippen LogP contribution is 2.13. The second kappa shape index (κ2) is 3.53. The quantitative estimate of drug-likeness (QED) is 0.684. The lowest BCUT2D eigenvalue weighted by atomic mass is 10.5. The minimum atomic E-state index is 0.845. The van der Waals surface area contributed by atoms with E-state index in [-0.39, 0.29) is 0 Å². The maximum atomic E-state index is 4.26. The number of nitrogens with zero attached hydrogens (tertiary/aromatic N) is 1. The Morgan fingerprint density at radius 1 is 1.60 bits per heavy atom. The smallest absolute Gasteiger partial charge is 0.182 e. The first-order valence-corrected chi connectivity index (χ1v) is 4.01. The van der Waals surface area contributed by atoms with Gasteiger partial charge in [0.15, 0.2) is 5.13 Å². The maximum absolute atomic E-state index is 4.26. The molecule has 0 aromatic carbocycles. The summed E-state index contributed by atoms with van der Waals surface area (Å²) in [5, 5.41) is 9.04. The van der Waals surface area contributed by atoms with Gasteiger partial charge in [0, 0.05) is 19.0 Å². The van der Waals surface area contributed by atoms with Crippen molar-refractivity contribution in [2.75, 3.05) is 19.4 Å². The van der Waals surface area contributed by atoms with Crippen molar-refractivity contribution in [1.82, 2.24) is 10.3 Å². The number of aromatic nitrogens is 1. The second-order valence-electron chi connectivity index (χ2n) is 1.92. The van der Waals surface area contributed by atoms with Crippen LogP contribution in [0.15, 0.2) is 5.38 Å². The minimum absolute atomic E-state index is 0.845. The summed E-state index contributed by atoms with van der Waals surface area (Å²) in [7, 11) is 3.79. The highest BCUT2D eigenvalue weighted by Gasteiger charge is 1.96. The van der Waals surface area contributed by atoms with Crippen molar-refractivity contribution in [2.45, 2.75) is 6.54 Å². The molecular weight excluding hydrogens is 146 g/mol. The van der Waals surface area contributed by atoms with Crippen molar-refractivity contribution < 1.29 is 0 Å². The van der Waals surface area contributed by atoms with E-state index >= 15 is 0 Å². The van der Waals surface area contributed by atoms with E-state index in [1.165, 1.54) is 0 Å². The van der Waals surface area contributed by atoms with Gasteiger partial charge in [-0.25, -0.2) is 4.98 Å². The molecule has 1 heterocycles. The molecular formula is C6H11N3S. The SMILES string of the molecule is CNCc1csc(NC)n1. The van der Waals surface area contributed by atoms with E-state index in [9.17, 15) is 0 Å². The molecule has 1 aromatic heterocycles. The van der Waals surface area contributed by atoms with Gasteiger partial charge >= 0.3 is 0 Å². The lowest BCUT2D eigenvalue weighted by Crippen LogP contribution is -2.05. The van der Waals surface area contributed by atoms with Gasteiger partial charge in [0.1, 0.15) is 0 Å². The molecule has 0 bridgehead atoms. The fourth-order valence-corrected chi connectivity index (χ4v) is 1.36. The highest BCUT2D eigenvalue weighted by molar-refractivity contribution is 7.13. The molecule has 0 spiro atoms. The molecule has 1 rings (SSSR count). The number of anilines is 1. The fourth-order valence-electron chi connectivity index (χ4n) is 0.684. The Kier molecular flexibility index (Phi) is 2.65. The monoisotopic (exact) mass is 157 g/mol. The summed E-state index contributed by atoms with van der Waals surface area (Å²) in [4.78, 5) is 4.26. The van der Waals surface area contributed by atoms with Crippen molar-refractivity contribution in [1.29, 1.82) is 0 Å². The molecule has 0 amide bonds. The second-order valence-corrected chi connectivity index (χ2v) is 2.78. The molecule has 2 N–H and O–H groups in total. The van der Waals surface area contributed by atoms with E-state index in [2.05, 4.69) is 15.6 Å². The molecule has 0 radical (unpaired) electrons. The maximum Gasteiger partial charge on any atom is 0.182 e. The Morgan fingerprint density at radius 3 is 2.90 bits per heavy atom. The van der Waals surface area contributed by atoms with Crippen LogP contribution in [0, 0.1) is 0 Å². The molecule has 4 heteroatoms. The van der Waals surface area contributed by atoms with Gasteiger partial charge in [0.05, 0.1) is 5.69 Å². The summed E-state index contributed by atoms with van der Waals surface area (Å²) >= 11 is 1.63. The normalized spacial score (nSPS) is 9.80. The first-order chi connectivity index (χ1) is 4.86. The zero-order valence-electron chi connectivity index (χ0n) is 6.14. The average molecular weight is 157 g/mol. The first-order valence-electron chi connectivity index (χ1n) is 3.13. The van der Waals surface area contributed by atoms with Crippen molar-refractivity contribution in [2.24, 2.45) is 0 Å². The molecule has 0 aliphatic heterocycles. The summed E-state index contributed by atoms with van der Waals surface area (Å²) in [6.07, 6.45) is 0.